The molecule has 0 aromatic carbocycles. The summed E-state index contributed by atoms with van der Waals surface area (Å²) in [5.74, 6) is 0.0714. The smallest absolute Gasteiger partial charge is 0.111 e. The fourth-order valence-electron chi connectivity index (χ4n) is 1.82. The first-order valence-corrected chi connectivity index (χ1v) is 5.02. The van der Waals surface area contributed by atoms with Crippen LogP contribution in [0.3, 0.4) is 0 Å². The summed E-state index contributed by atoms with van der Waals surface area (Å²) in [4.78, 5) is 0. The van der Waals surface area contributed by atoms with Crippen molar-refractivity contribution in [1.82, 2.24) is 0 Å². The molecule has 4 unspecified atom stereocenters. The molecule has 0 saturated carbocycles. The van der Waals surface area contributed by atoms with E-state index in [2.05, 4.69) is 0 Å². The lowest BCUT2D eigenvalue weighted by Gasteiger charge is -2.48. The van der Waals surface area contributed by atoms with Crippen LogP contribution in [0.2, 0.25) is 0 Å². The molecule has 1 aliphatic rings. The van der Waals surface area contributed by atoms with E-state index in [1.54, 1.807) is 13.8 Å². The Kier molecular flexibility index (Phi) is 3.21. The molecule has 3 N–H and O–H groups in total. The maximum Gasteiger partial charge on any atom is 0.111 e. The third-order valence-corrected chi connectivity index (χ3v) is 3.33. The minimum atomic E-state index is -1.13. The maximum atomic E-state index is 9.82. The second-order valence-electron chi connectivity index (χ2n) is 4.59. The molecule has 1 rings (SSSR count). The Balaban J connectivity index is 2.90. The van der Waals surface area contributed by atoms with Gasteiger partial charge < -0.3 is 20.1 Å². The van der Waals surface area contributed by atoms with Crippen molar-refractivity contribution in [3.05, 3.63) is 0 Å². The molecule has 1 saturated heterocycles. The molecular formula is C10H20O4. The number of aliphatic hydroxyl groups is 3. The van der Waals surface area contributed by atoms with Gasteiger partial charge in [0.15, 0.2) is 0 Å². The lowest BCUT2D eigenvalue weighted by Crippen LogP contribution is -2.64. The van der Waals surface area contributed by atoms with E-state index < -0.39 is 30.0 Å². The zero-order chi connectivity index (χ0) is 11.1. The highest BCUT2D eigenvalue weighted by Gasteiger charge is 2.50. The molecule has 0 aromatic heterocycles. The van der Waals surface area contributed by atoms with Crippen LogP contribution in [0.15, 0.2) is 0 Å². The summed E-state index contributed by atoms with van der Waals surface area (Å²) in [5, 5.41) is 28.9. The predicted octanol–water partition coefficient (Wildman–Crippen LogP) is -0.0975. The van der Waals surface area contributed by atoms with Gasteiger partial charge in [0.05, 0.1) is 11.7 Å². The molecule has 0 aromatic rings. The van der Waals surface area contributed by atoms with Crippen molar-refractivity contribution in [2.45, 2.75) is 57.7 Å². The zero-order valence-corrected chi connectivity index (χ0v) is 9.14. The van der Waals surface area contributed by atoms with Crippen molar-refractivity contribution in [3.8, 4) is 0 Å². The molecule has 0 spiro atoms. The van der Waals surface area contributed by atoms with Gasteiger partial charge in [-0.05, 0) is 19.8 Å². The van der Waals surface area contributed by atoms with Gasteiger partial charge in [-0.2, -0.15) is 0 Å². The normalized spacial score (nSPS) is 49.7. The molecule has 14 heavy (non-hydrogen) atoms. The fourth-order valence-corrected chi connectivity index (χ4v) is 1.82. The van der Waals surface area contributed by atoms with Crippen LogP contribution < -0.4 is 0 Å². The summed E-state index contributed by atoms with van der Waals surface area (Å²) in [5.41, 5.74) is -0.794. The molecular weight excluding hydrogens is 184 g/mol. The van der Waals surface area contributed by atoms with Crippen LogP contribution in [-0.4, -0.2) is 45.3 Å². The standard InChI is InChI=1S/C10H20O4/c1-5(2)10(4)9(13)8(12)7(11)6(3)14-10/h5-9,11-13H,1-4H3/t6?,7-,8?,9?,10?/m0/s1. The lowest BCUT2D eigenvalue weighted by atomic mass is 9.79. The molecule has 84 valence electrons. The molecule has 4 nitrogen and oxygen atoms in total. The van der Waals surface area contributed by atoms with E-state index in [1.165, 1.54) is 0 Å². The van der Waals surface area contributed by atoms with Gasteiger partial charge in [-0.1, -0.05) is 13.8 Å². The Morgan fingerprint density at radius 2 is 1.64 bits per heavy atom. The minimum absolute atomic E-state index is 0.0714. The van der Waals surface area contributed by atoms with Crippen molar-refractivity contribution < 1.29 is 20.1 Å². The van der Waals surface area contributed by atoms with E-state index in [-0.39, 0.29) is 5.92 Å². The van der Waals surface area contributed by atoms with Crippen molar-refractivity contribution in [2.75, 3.05) is 0 Å². The highest BCUT2D eigenvalue weighted by Crippen LogP contribution is 2.35. The molecule has 0 aliphatic carbocycles. The highest BCUT2D eigenvalue weighted by molar-refractivity contribution is 4.99. The summed E-state index contributed by atoms with van der Waals surface area (Å²) < 4.78 is 5.57. The van der Waals surface area contributed by atoms with Gasteiger partial charge in [0.1, 0.15) is 18.3 Å². The van der Waals surface area contributed by atoms with Crippen LogP contribution in [0.25, 0.3) is 0 Å². The number of ether oxygens (including phenoxy) is 1. The average molecular weight is 204 g/mol. The second-order valence-corrected chi connectivity index (χ2v) is 4.59. The van der Waals surface area contributed by atoms with Gasteiger partial charge in [0.2, 0.25) is 0 Å². The Morgan fingerprint density at radius 3 is 2.07 bits per heavy atom. The summed E-state index contributed by atoms with van der Waals surface area (Å²) in [7, 11) is 0. The van der Waals surface area contributed by atoms with Crippen molar-refractivity contribution >= 4 is 0 Å². The largest absolute Gasteiger partial charge is 0.388 e. The van der Waals surface area contributed by atoms with Gasteiger partial charge in [-0.25, -0.2) is 0 Å². The van der Waals surface area contributed by atoms with Crippen LogP contribution >= 0.6 is 0 Å². The summed E-state index contributed by atoms with van der Waals surface area (Å²) >= 11 is 0. The zero-order valence-electron chi connectivity index (χ0n) is 9.14. The van der Waals surface area contributed by atoms with Gasteiger partial charge in [0.25, 0.3) is 0 Å². The van der Waals surface area contributed by atoms with Crippen LogP contribution in [0.5, 0.6) is 0 Å². The number of aliphatic hydroxyl groups excluding tert-OH is 3. The number of rotatable bonds is 1. The van der Waals surface area contributed by atoms with Gasteiger partial charge in [-0.3, -0.25) is 0 Å². The molecule has 1 aliphatic heterocycles. The third-order valence-electron chi connectivity index (χ3n) is 3.33. The molecule has 1 fully saturated rings. The Bertz CT molecular complexity index is 206. The van der Waals surface area contributed by atoms with Crippen molar-refractivity contribution in [3.63, 3.8) is 0 Å². The van der Waals surface area contributed by atoms with E-state index in [9.17, 15) is 15.3 Å². The van der Waals surface area contributed by atoms with Gasteiger partial charge in [-0.15, -0.1) is 0 Å². The molecule has 1 heterocycles. The van der Waals surface area contributed by atoms with Crippen LogP contribution in [0.4, 0.5) is 0 Å². The first-order valence-electron chi connectivity index (χ1n) is 5.02. The van der Waals surface area contributed by atoms with Crippen molar-refractivity contribution in [1.29, 1.82) is 0 Å². The Labute approximate surface area is 84.5 Å². The predicted molar refractivity (Wildman–Crippen MR) is 51.8 cm³/mol. The highest BCUT2D eigenvalue weighted by atomic mass is 16.5. The Morgan fingerprint density at radius 1 is 1.14 bits per heavy atom. The fraction of sp³-hybridized carbons (Fsp3) is 1.00. The lowest BCUT2D eigenvalue weighted by molar-refractivity contribution is -0.270. The summed E-state index contributed by atoms with van der Waals surface area (Å²) in [6.07, 6.45) is -3.66. The third kappa shape index (κ3) is 1.67. The molecule has 0 amide bonds. The van der Waals surface area contributed by atoms with E-state index in [1.807, 2.05) is 13.8 Å². The molecule has 0 bridgehead atoms. The van der Waals surface area contributed by atoms with E-state index in [0.29, 0.717) is 0 Å². The van der Waals surface area contributed by atoms with Crippen molar-refractivity contribution in [2.24, 2.45) is 5.92 Å². The first kappa shape index (κ1) is 11.9. The number of hydrogen-bond acceptors (Lipinski definition) is 4. The molecule has 5 atom stereocenters. The second kappa shape index (κ2) is 3.77. The van der Waals surface area contributed by atoms with E-state index >= 15 is 0 Å². The number of hydrogen-bond donors (Lipinski definition) is 3. The molecule has 4 heteroatoms. The van der Waals surface area contributed by atoms with Gasteiger partial charge >= 0.3 is 0 Å². The van der Waals surface area contributed by atoms with Crippen LogP contribution in [-0.2, 0) is 4.74 Å². The topological polar surface area (TPSA) is 69.9 Å². The van der Waals surface area contributed by atoms with E-state index in [4.69, 9.17) is 4.74 Å². The summed E-state index contributed by atoms with van der Waals surface area (Å²) in [6.45, 7) is 7.29. The molecule has 0 radical (unpaired) electrons. The van der Waals surface area contributed by atoms with Crippen LogP contribution in [0, 0.1) is 5.92 Å². The summed E-state index contributed by atoms with van der Waals surface area (Å²) in [6, 6.07) is 0. The van der Waals surface area contributed by atoms with Gasteiger partial charge in [0, 0.05) is 0 Å². The quantitative estimate of drug-likeness (QED) is 0.558. The SMILES string of the molecule is CC1OC(C)(C(C)C)C(O)C(O)[C@H]1O. The Hall–Kier alpha value is -0.160. The maximum absolute atomic E-state index is 9.82. The first-order chi connectivity index (χ1) is 6.30. The van der Waals surface area contributed by atoms with Crippen LogP contribution in [0.1, 0.15) is 27.7 Å². The monoisotopic (exact) mass is 204 g/mol. The average Bonchev–Trinajstić information content (AvgIpc) is 2.11. The minimum Gasteiger partial charge on any atom is -0.388 e. The van der Waals surface area contributed by atoms with E-state index in [0.717, 1.165) is 0 Å².